The van der Waals surface area contributed by atoms with Crippen molar-refractivity contribution in [1.82, 2.24) is 20.4 Å². The lowest BCUT2D eigenvalue weighted by Gasteiger charge is -2.24. The Kier molecular flexibility index (Phi) is 7.51. The third-order valence-electron chi connectivity index (χ3n) is 4.26. The summed E-state index contributed by atoms with van der Waals surface area (Å²) in [5.41, 5.74) is 1.19. The summed E-state index contributed by atoms with van der Waals surface area (Å²) in [6.45, 7) is 9.79. The van der Waals surface area contributed by atoms with Crippen molar-refractivity contribution in [3.63, 3.8) is 0 Å². The number of aromatic nitrogens is 2. The molecule has 0 aliphatic carbocycles. The Morgan fingerprint density at radius 3 is 2.62 bits per heavy atom. The molecule has 0 unspecified atom stereocenters. The number of methoxy groups -OCH3 is 1. The van der Waals surface area contributed by atoms with Crippen LogP contribution in [0.2, 0.25) is 0 Å². The van der Waals surface area contributed by atoms with E-state index in [4.69, 9.17) is 9.73 Å². The Bertz CT molecular complexity index is 662. The fourth-order valence-corrected chi connectivity index (χ4v) is 2.63. The number of guanidine groups is 1. The molecule has 2 rings (SSSR count). The molecule has 26 heavy (non-hydrogen) atoms. The SMILES string of the molecule is CCNC(=NCC(C)(C)c1ccc(OC)cc1)NCCCn1cccn1. The van der Waals surface area contributed by atoms with E-state index in [1.165, 1.54) is 5.56 Å². The van der Waals surface area contributed by atoms with Gasteiger partial charge in [0.2, 0.25) is 0 Å². The van der Waals surface area contributed by atoms with Gasteiger partial charge in [0.1, 0.15) is 5.75 Å². The highest BCUT2D eigenvalue weighted by molar-refractivity contribution is 5.79. The summed E-state index contributed by atoms with van der Waals surface area (Å²) in [5, 5.41) is 10.9. The summed E-state index contributed by atoms with van der Waals surface area (Å²) in [5.74, 6) is 1.73. The van der Waals surface area contributed by atoms with Crippen LogP contribution in [0.15, 0.2) is 47.7 Å². The molecule has 0 bridgehead atoms. The normalized spacial score (nSPS) is 12.1. The molecule has 0 radical (unpaired) electrons. The molecule has 0 aliphatic heterocycles. The van der Waals surface area contributed by atoms with Crippen molar-refractivity contribution in [2.45, 2.75) is 39.2 Å². The van der Waals surface area contributed by atoms with Gasteiger partial charge in [-0.3, -0.25) is 9.67 Å². The average Bonchev–Trinajstić information content (AvgIpc) is 3.16. The van der Waals surface area contributed by atoms with Crippen molar-refractivity contribution >= 4 is 5.96 Å². The third kappa shape index (κ3) is 6.10. The van der Waals surface area contributed by atoms with Crippen LogP contribution in [0.5, 0.6) is 5.75 Å². The van der Waals surface area contributed by atoms with E-state index >= 15 is 0 Å². The van der Waals surface area contributed by atoms with Gasteiger partial charge in [0.05, 0.1) is 13.7 Å². The van der Waals surface area contributed by atoms with Gasteiger partial charge in [0, 0.05) is 37.4 Å². The predicted molar refractivity (Wildman–Crippen MR) is 107 cm³/mol. The van der Waals surface area contributed by atoms with Gasteiger partial charge in [-0.05, 0) is 37.1 Å². The van der Waals surface area contributed by atoms with Gasteiger partial charge in [-0.15, -0.1) is 0 Å². The molecule has 1 aromatic carbocycles. The zero-order valence-electron chi connectivity index (χ0n) is 16.3. The van der Waals surface area contributed by atoms with E-state index in [2.05, 4.69) is 48.6 Å². The van der Waals surface area contributed by atoms with Gasteiger partial charge in [-0.1, -0.05) is 26.0 Å². The molecule has 2 N–H and O–H groups in total. The molecular formula is C20H31N5O. The number of ether oxygens (including phenoxy) is 1. The fraction of sp³-hybridized carbons (Fsp3) is 0.500. The lowest BCUT2D eigenvalue weighted by Crippen LogP contribution is -2.39. The maximum absolute atomic E-state index is 5.24. The number of nitrogens with zero attached hydrogens (tertiary/aromatic N) is 3. The number of hydrogen-bond donors (Lipinski definition) is 2. The Balaban J connectivity index is 1.88. The molecule has 1 aromatic heterocycles. The molecule has 0 saturated carbocycles. The summed E-state index contributed by atoms with van der Waals surface area (Å²) >= 11 is 0. The quantitative estimate of drug-likeness (QED) is 0.411. The van der Waals surface area contributed by atoms with E-state index in [-0.39, 0.29) is 5.41 Å². The Labute approximate surface area is 156 Å². The molecule has 0 atom stereocenters. The predicted octanol–water partition coefficient (Wildman–Crippen LogP) is 2.81. The molecule has 0 fully saturated rings. The number of aliphatic imine (C=N–C) groups is 1. The van der Waals surface area contributed by atoms with E-state index in [1.54, 1.807) is 13.3 Å². The highest BCUT2D eigenvalue weighted by Crippen LogP contribution is 2.25. The second-order valence-electron chi connectivity index (χ2n) is 6.86. The van der Waals surface area contributed by atoms with E-state index in [9.17, 15) is 0 Å². The van der Waals surface area contributed by atoms with Gasteiger partial charge >= 0.3 is 0 Å². The number of hydrogen-bond acceptors (Lipinski definition) is 3. The molecule has 142 valence electrons. The van der Waals surface area contributed by atoms with Crippen molar-refractivity contribution in [3.8, 4) is 5.75 Å². The van der Waals surface area contributed by atoms with Crippen molar-refractivity contribution < 1.29 is 4.74 Å². The Morgan fingerprint density at radius 1 is 1.23 bits per heavy atom. The minimum Gasteiger partial charge on any atom is -0.497 e. The molecule has 0 aliphatic rings. The minimum absolute atomic E-state index is 0.0519. The van der Waals surface area contributed by atoms with E-state index in [1.807, 2.05) is 29.1 Å². The second-order valence-corrected chi connectivity index (χ2v) is 6.86. The largest absolute Gasteiger partial charge is 0.497 e. The number of rotatable bonds is 9. The summed E-state index contributed by atoms with van der Waals surface area (Å²) in [4.78, 5) is 4.78. The molecule has 2 aromatic rings. The van der Waals surface area contributed by atoms with Crippen LogP contribution in [0.3, 0.4) is 0 Å². The summed E-state index contributed by atoms with van der Waals surface area (Å²) in [6.07, 6.45) is 4.78. The van der Waals surface area contributed by atoms with Gasteiger partial charge in [-0.25, -0.2) is 0 Å². The number of aryl methyl sites for hydroxylation is 1. The maximum Gasteiger partial charge on any atom is 0.191 e. The number of benzene rings is 1. The Hall–Kier alpha value is -2.50. The second kappa shape index (κ2) is 9.85. The molecular weight excluding hydrogens is 326 g/mol. The topological polar surface area (TPSA) is 63.5 Å². The van der Waals surface area contributed by atoms with E-state index in [0.717, 1.165) is 37.8 Å². The van der Waals surface area contributed by atoms with Crippen LogP contribution >= 0.6 is 0 Å². The summed E-state index contributed by atoms with van der Waals surface area (Å²) in [7, 11) is 1.69. The smallest absolute Gasteiger partial charge is 0.191 e. The van der Waals surface area contributed by atoms with Gasteiger partial charge < -0.3 is 15.4 Å². The molecule has 6 nitrogen and oxygen atoms in total. The number of nitrogens with one attached hydrogen (secondary N) is 2. The third-order valence-corrected chi connectivity index (χ3v) is 4.26. The zero-order chi connectivity index (χ0) is 18.8. The van der Waals surface area contributed by atoms with Gasteiger partial charge in [0.15, 0.2) is 5.96 Å². The highest BCUT2D eigenvalue weighted by atomic mass is 16.5. The van der Waals surface area contributed by atoms with Gasteiger partial charge in [-0.2, -0.15) is 5.10 Å². The molecule has 6 heteroatoms. The lowest BCUT2D eigenvalue weighted by molar-refractivity contribution is 0.414. The molecule has 0 amide bonds. The molecule has 0 saturated heterocycles. The van der Waals surface area contributed by atoms with Crippen LogP contribution in [-0.4, -0.2) is 42.5 Å². The monoisotopic (exact) mass is 357 g/mol. The molecule has 0 spiro atoms. The van der Waals surface area contributed by atoms with Crippen molar-refractivity contribution in [1.29, 1.82) is 0 Å². The fourth-order valence-electron chi connectivity index (χ4n) is 2.63. The van der Waals surface area contributed by atoms with Crippen LogP contribution in [-0.2, 0) is 12.0 Å². The van der Waals surface area contributed by atoms with Crippen molar-refractivity contribution in [3.05, 3.63) is 48.3 Å². The van der Waals surface area contributed by atoms with Crippen LogP contribution in [0.25, 0.3) is 0 Å². The standard InChI is InChI=1S/C20H31N5O/c1-5-21-19(22-12-6-14-25-15-7-13-24-25)23-16-20(2,3)17-8-10-18(26-4)11-9-17/h7-11,13,15H,5-6,12,14,16H2,1-4H3,(H2,21,22,23). The van der Waals surface area contributed by atoms with Crippen molar-refractivity contribution in [2.75, 3.05) is 26.7 Å². The van der Waals surface area contributed by atoms with Gasteiger partial charge in [0.25, 0.3) is 0 Å². The van der Waals surface area contributed by atoms with Crippen LogP contribution in [0.4, 0.5) is 0 Å². The first kappa shape index (κ1) is 19.8. The zero-order valence-corrected chi connectivity index (χ0v) is 16.3. The highest BCUT2D eigenvalue weighted by Gasteiger charge is 2.20. The minimum atomic E-state index is -0.0519. The molecule has 1 heterocycles. The average molecular weight is 358 g/mol. The van der Waals surface area contributed by atoms with E-state index < -0.39 is 0 Å². The van der Waals surface area contributed by atoms with Crippen LogP contribution in [0.1, 0.15) is 32.8 Å². The van der Waals surface area contributed by atoms with Crippen LogP contribution in [0, 0.1) is 0 Å². The summed E-state index contributed by atoms with van der Waals surface area (Å²) in [6, 6.07) is 10.2. The first-order chi connectivity index (χ1) is 12.5. The summed E-state index contributed by atoms with van der Waals surface area (Å²) < 4.78 is 7.18. The first-order valence-electron chi connectivity index (χ1n) is 9.19. The Morgan fingerprint density at radius 2 is 2.00 bits per heavy atom. The van der Waals surface area contributed by atoms with E-state index in [0.29, 0.717) is 6.54 Å². The lowest BCUT2D eigenvalue weighted by atomic mass is 9.85. The first-order valence-corrected chi connectivity index (χ1v) is 9.19. The van der Waals surface area contributed by atoms with Crippen LogP contribution < -0.4 is 15.4 Å². The van der Waals surface area contributed by atoms with Crippen molar-refractivity contribution in [2.24, 2.45) is 4.99 Å². The maximum atomic E-state index is 5.24.